The molecule has 8 aliphatic heterocycles. The Balaban J connectivity index is 1.07. The molecule has 1 amide bonds. The van der Waals surface area contributed by atoms with Gasteiger partial charge in [-0.15, -0.1) is 0 Å². The van der Waals surface area contributed by atoms with Crippen molar-refractivity contribution in [3.63, 3.8) is 0 Å². The number of carbonyl (C=O) groups excluding carboxylic acids is 1. The fourth-order valence-corrected chi connectivity index (χ4v) is 11.6. The quantitative estimate of drug-likeness (QED) is 0.221. The van der Waals surface area contributed by atoms with Crippen LogP contribution in [-0.2, 0) is 38.5 Å². The first-order chi connectivity index (χ1) is 24.0. The van der Waals surface area contributed by atoms with Crippen LogP contribution in [0, 0.1) is 47.3 Å². The van der Waals surface area contributed by atoms with Crippen molar-refractivity contribution in [2.75, 3.05) is 0 Å². The maximum absolute atomic E-state index is 13.4. The second-order valence-corrected chi connectivity index (χ2v) is 17.3. The van der Waals surface area contributed by atoms with E-state index in [1.807, 2.05) is 13.8 Å². The van der Waals surface area contributed by atoms with Gasteiger partial charge in [0.15, 0.2) is 23.8 Å². The SMILES string of the molecule is C[C@H]1[C@@H](/C(C[C@H]2O[C@@H]3O[C@@]4(C)CC[C@H]5[C@H](C)CC[C@@H]([C@H]2C)[C@@]35OO4)=N\NC(=O)c2ccncc2)O[C@@H]2O[C@@]3(C)CC[C@H]4[C@H](C)CC[C@@H]1[C@@]24OO3. The average molecular weight is 696 g/mol. The van der Waals surface area contributed by atoms with Crippen LogP contribution < -0.4 is 5.43 Å². The molecule has 50 heavy (non-hydrogen) atoms. The minimum Gasteiger partial charge on any atom is -0.345 e. The minimum absolute atomic E-state index is 0.00146. The Morgan fingerprint density at radius 3 is 1.92 bits per heavy atom. The van der Waals surface area contributed by atoms with Gasteiger partial charge in [0.1, 0.15) is 6.10 Å². The van der Waals surface area contributed by atoms with Gasteiger partial charge >= 0.3 is 0 Å². The van der Waals surface area contributed by atoms with Crippen molar-refractivity contribution in [2.45, 2.75) is 147 Å². The number of hydrogen-bond acceptors (Lipinski definition) is 11. The second kappa shape index (κ2) is 12.0. The van der Waals surface area contributed by atoms with E-state index in [1.165, 1.54) is 0 Å². The molecule has 4 bridgehead atoms. The normalized spacial score (nSPS) is 52.3. The van der Waals surface area contributed by atoms with Crippen LogP contribution in [0.5, 0.6) is 0 Å². The third-order valence-electron chi connectivity index (χ3n) is 14.4. The lowest BCUT2D eigenvalue weighted by Crippen LogP contribution is -2.71. The van der Waals surface area contributed by atoms with E-state index in [-0.39, 0.29) is 47.5 Å². The van der Waals surface area contributed by atoms with Crippen molar-refractivity contribution in [2.24, 2.45) is 52.4 Å². The van der Waals surface area contributed by atoms with Gasteiger partial charge in [-0.25, -0.2) is 25.0 Å². The van der Waals surface area contributed by atoms with Crippen molar-refractivity contribution in [1.29, 1.82) is 0 Å². The van der Waals surface area contributed by atoms with Gasteiger partial charge in [0.25, 0.3) is 5.91 Å². The van der Waals surface area contributed by atoms with E-state index >= 15 is 0 Å². The minimum atomic E-state index is -0.895. The molecule has 274 valence electrons. The molecule has 16 atom stereocenters. The smallest absolute Gasteiger partial charge is 0.271 e. The highest BCUT2D eigenvalue weighted by molar-refractivity contribution is 5.96. The molecule has 9 heterocycles. The summed E-state index contributed by atoms with van der Waals surface area (Å²) in [6, 6.07) is 3.36. The fraction of sp³-hybridized carbons (Fsp3) is 0.816. The zero-order valence-electron chi connectivity index (χ0n) is 30.2. The van der Waals surface area contributed by atoms with E-state index in [2.05, 4.69) is 38.1 Å². The Morgan fingerprint density at radius 1 is 0.760 bits per heavy atom. The van der Waals surface area contributed by atoms with Gasteiger partial charge in [0, 0.05) is 49.1 Å². The van der Waals surface area contributed by atoms with Crippen LogP contribution in [0.25, 0.3) is 0 Å². The number of fused-ring (bicyclic) bond motifs is 4. The summed E-state index contributed by atoms with van der Waals surface area (Å²) in [6.45, 7) is 13.0. The molecule has 12 nitrogen and oxygen atoms in total. The maximum Gasteiger partial charge on any atom is 0.271 e. The lowest BCUT2D eigenvalue weighted by Gasteiger charge is -2.61. The summed E-state index contributed by atoms with van der Waals surface area (Å²) in [5, 5.41) is 4.90. The molecule has 0 aromatic carbocycles. The van der Waals surface area contributed by atoms with Crippen molar-refractivity contribution >= 4 is 11.6 Å². The van der Waals surface area contributed by atoms with E-state index in [0.29, 0.717) is 23.8 Å². The topological polar surface area (TPSA) is 128 Å². The maximum atomic E-state index is 13.4. The fourth-order valence-electron chi connectivity index (χ4n) is 11.6. The molecular formula is C38H53N3O9. The van der Waals surface area contributed by atoms with Crippen LogP contribution in [0.2, 0.25) is 0 Å². The molecule has 2 aliphatic carbocycles. The highest BCUT2D eigenvalue weighted by Crippen LogP contribution is 2.63. The first-order valence-corrected chi connectivity index (χ1v) is 19.1. The van der Waals surface area contributed by atoms with E-state index in [4.69, 9.17) is 43.6 Å². The van der Waals surface area contributed by atoms with Gasteiger partial charge in [0.05, 0.1) is 11.8 Å². The van der Waals surface area contributed by atoms with Gasteiger partial charge in [0.2, 0.25) is 11.6 Å². The molecular weight excluding hydrogens is 642 g/mol. The summed E-state index contributed by atoms with van der Waals surface area (Å²) in [5.41, 5.74) is 2.70. The molecule has 8 saturated heterocycles. The predicted octanol–water partition coefficient (Wildman–Crippen LogP) is 6.06. The molecule has 12 heteroatoms. The molecule has 10 aliphatic rings. The van der Waals surface area contributed by atoms with Crippen LogP contribution in [0.15, 0.2) is 29.6 Å². The van der Waals surface area contributed by atoms with E-state index < -0.39 is 41.5 Å². The van der Waals surface area contributed by atoms with Crippen molar-refractivity contribution in [3.8, 4) is 0 Å². The van der Waals surface area contributed by atoms with Crippen molar-refractivity contribution in [3.05, 3.63) is 30.1 Å². The van der Waals surface area contributed by atoms with Crippen molar-refractivity contribution in [1.82, 2.24) is 10.4 Å². The molecule has 10 fully saturated rings. The Hall–Kier alpha value is -2.03. The van der Waals surface area contributed by atoms with Crippen LogP contribution in [0.4, 0.5) is 0 Å². The number of ether oxygens (including phenoxy) is 4. The predicted molar refractivity (Wildman–Crippen MR) is 177 cm³/mol. The molecule has 0 unspecified atom stereocenters. The number of pyridine rings is 1. The van der Waals surface area contributed by atoms with Crippen LogP contribution in [0.3, 0.4) is 0 Å². The molecule has 2 spiro atoms. The lowest BCUT2D eigenvalue weighted by atomic mass is 9.56. The van der Waals surface area contributed by atoms with E-state index in [1.54, 1.807) is 24.5 Å². The average Bonchev–Trinajstić information content (AvgIpc) is 3.48. The third kappa shape index (κ3) is 4.96. The number of rotatable bonds is 5. The van der Waals surface area contributed by atoms with Gasteiger partial charge in [-0.2, -0.15) is 5.10 Å². The summed E-state index contributed by atoms with van der Waals surface area (Å²) in [6.07, 6.45) is 9.31. The monoisotopic (exact) mass is 695 g/mol. The molecule has 1 aromatic rings. The van der Waals surface area contributed by atoms with Crippen LogP contribution in [0.1, 0.15) is 110 Å². The van der Waals surface area contributed by atoms with Crippen LogP contribution in [-0.4, -0.2) is 64.2 Å². The van der Waals surface area contributed by atoms with E-state index in [9.17, 15) is 4.79 Å². The zero-order valence-corrected chi connectivity index (χ0v) is 30.2. The summed E-state index contributed by atoms with van der Waals surface area (Å²) < 4.78 is 27.5. The number of carbonyl (C=O) groups is 1. The van der Waals surface area contributed by atoms with Gasteiger partial charge in [-0.1, -0.05) is 27.7 Å². The molecule has 11 rings (SSSR count). The summed E-state index contributed by atoms with van der Waals surface area (Å²) >= 11 is 0. The number of aromatic nitrogens is 1. The first kappa shape index (κ1) is 33.8. The largest absolute Gasteiger partial charge is 0.345 e. The number of nitrogens with zero attached hydrogens (tertiary/aromatic N) is 2. The summed E-state index contributed by atoms with van der Waals surface area (Å²) in [4.78, 5) is 42.5. The zero-order chi connectivity index (χ0) is 34.6. The summed E-state index contributed by atoms with van der Waals surface area (Å²) in [7, 11) is 0. The Labute approximate surface area is 294 Å². The van der Waals surface area contributed by atoms with Gasteiger partial charge in [-0.3, -0.25) is 9.78 Å². The summed E-state index contributed by atoms with van der Waals surface area (Å²) in [5.74, 6) is -0.244. The Morgan fingerprint density at radius 2 is 1.32 bits per heavy atom. The second-order valence-electron chi connectivity index (χ2n) is 17.3. The number of nitrogens with one attached hydrogen (secondary N) is 1. The Kier molecular flexibility index (Phi) is 8.10. The first-order valence-electron chi connectivity index (χ1n) is 19.1. The number of hydrazone groups is 1. The highest BCUT2D eigenvalue weighted by Gasteiger charge is 2.71. The van der Waals surface area contributed by atoms with Gasteiger partial charge in [-0.05, 0) is 100 Å². The van der Waals surface area contributed by atoms with E-state index in [0.717, 1.165) is 57.1 Å². The number of amides is 1. The third-order valence-corrected chi connectivity index (χ3v) is 14.4. The molecule has 0 radical (unpaired) electrons. The number of hydrogen-bond donors (Lipinski definition) is 1. The molecule has 1 N–H and O–H groups in total. The molecule has 1 aromatic heterocycles. The van der Waals surface area contributed by atoms with Crippen LogP contribution >= 0.6 is 0 Å². The highest BCUT2D eigenvalue weighted by atomic mass is 17.3. The van der Waals surface area contributed by atoms with Crippen molar-refractivity contribution < 1.29 is 43.3 Å². The van der Waals surface area contributed by atoms with Gasteiger partial charge < -0.3 is 18.9 Å². The lowest BCUT2D eigenvalue weighted by molar-refractivity contribution is -0.571. The molecule has 2 saturated carbocycles. The standard InChI is InChI=1S/C38H53N3O9/c1-20-7-9-27-22(3)30(43-33-37(27)25(20)11-15-35(5,45-33)47-49-37)19-29(40-41-32(42)24-13-17-39-18-14-24)31-23(4)28-10-8-21(2)26-12-16-36(6)46-34(44-31)38(26,28)50-48-36/h13-14,17-18,20-23,25-28,30-31,33-34H,7-12,15-16,19H2,1-6H3,(H,41,42)/b40-29-/t20-,21-,22-,23-,25+,26+,27+,28+,30-,31+,33-,34-,35-,36-,37-,38-/m1/s1. The Bertz CT molecular complexity index is 1520.